The van der Waals surface area contributed by atoms with E-state index in [1.165, 1.54) is 0 Å². The van der Waals surface area contributed by atoms with Gasteiger partial charge in [0.2, 0.25) is 0 Å². The monoisotopic (exact) mass is 189 g/mol. The Labute approximate surface area is 60.2 Å². The fourth-order valence-corrected chi connectivity index (χ4v) is 1.33. The molecule has 0 aliphatic rings. The fourth-order valence-electron chi connectivity index (χ4n) is 0.371. The molecule has 1 aromatic rings. The Morgan fingerprint density at radius 3 is 3.12 bits per heavy atom. The second kappa shape index (κ2) is 2.99. The van der Waals surface area contributed by atoms with Crippen LogP contribution in [0.25, 0.3) is 6.08 Å². The van der Waals surface area contributed by atoms with E-state index < -0.39 is 0 Å². The molecule has 0 unspecified atom stereocenters. The van der Waals surface area contributed by atoms with Crippen LogP contribution in [0.5, 0.6) is 0 Å². The molecule has 1 aromatic heterocycles. The van der Waals surface area contributed by atoms with Crippen molar-refractivity contribution < 1.29 is 0 Å². The zero-order valence-corrected chi connectivity index (χ0v) is 6.45. The van der Waals surface area contributed by atoms with Crippen LogP contribution in [-0.2, 0) is 0 Å². The van der Waals surface area contributed by atoms with E-state index in [4.69, 9.17) is 0 Å². The van der Waals surface area contributed by atoms with Crippen LogP contribution in [0.4, 0.5) is 0 Å². The molecule has 0 spiro atoms. The second-order valence-electron chi connectivity index (χ2n) is 1.16. The van der Waals surface area contributed by atoms with Crippen molar-refractivity contribution in [3.8, 4) is 0 Å². The summed E-state index contributed by atoms with van der Waals surface area (Å²) in [6.45, 7) is 0. The van der Waals surface area contributed by atoms with Gasteiger partial charge >= 0.3 is 0 Å². The summed E-state index contributed by atoms with van der Waals surface area (Å²) in [4.78, 5) is 5.81. The molecule has 0 aliphatic carbocycles. The first-order valence-electron chi connectivity index (χ1n) is 2.10. The summed E-state index contributed by atoms with van der Waals surface area (Å²) in [7, 11) is 0. The van der Waals surface area contributed by atoms with E-state index >= 15 is 0 Å². The predicted octanol–water partition coefficient (Wildman–Crippen LogP) is 2.51. The lowest BCUT2D eigenvalue weighted by Gasteiger charge is -1.72. The first-order valence-corrected chi connectivity index (χ1v) is 3.89. The van der Waals surface area contributed by atoms with Gasteiger partial charge in [-0.05, 0) is 11.1 Å². The first-order chi connectivity index (χ1) is 3.93. The van der Waals surface area contributed by atoms with Gasteiger partial charge in [-0.1, -0.05) is 15.9 Å². The van der Waals surface area contributed by atoms with Crippen LogP contribution >= 0.6 is 27.3 Å². The number of halogens is 1. The van der Waals surface area contributed by atoms with Crippen molar-refractivity contribution >= 4 is 33.3 Å². The molecule has 0 N–H and O–H groups in total. The summed E-state index contributed by atoms with van der Waals surface area (Å²) in [5.74, 6) is 0. The lowest BCUT2D eigenvalue weighted by atomic mass is 10.7. The Bertz CT molecular complexity index is 169. The number of thiazole rings is 1. The maximum absolute atomic E-state index is 4.01. The van der Waals surface area contributed by atoms with Gasteiger partial charge in [0.15, 0.2) is 0 Å². The summed E-state index contributed by atoms with van der Waals surface area (Å²) in [6.07, 6.45) is 3.69. The molecule has 8 heavy (non-hydrogen) atoms. The molecule has 0 aromatic carbocycles. The van der Waals surface area contributed by atoms with Gasteiger partial charge in [0, 0.05) is 11.6 Å². The minimum absolute atomic E-state index is 1.03. The van der Waals surface area contributed by atoms with Crippen LogP contribution in [0.2, 0.25) is 0 Å². The molecule has 0 bridgehead atoms. The molecule has 0 atom stereocenters. The smallest absolute Gasteiger partial charge is 0.116 e. The molecule has 0 saturated carbocycles. The van der Waals surface area contributed by atoms with Crippen molar-refractivity contribution in [3.05, 3.63) is 21.6 Å². The molecule has 1 heterocycles. The number of hydrogen-bond acceptors (Lipinski definition) is 2. The van der Waals surface area contributed by atoms with Gasteiger partial charge in [0.25, 0.3) is 0 Å². The van der Waals surface area contributed by atoms with Crippen molar-refractivity contribution in [2.24, 2.45) is 0 Å². The largest absolute Gasteiger partial charge is 0.245 e. The van der Waals surface area contributed by atoms with Crippen LogP contribution in [0.1, 0.15) is 5.01 Å². The molecule has 1 nitrogen and oxygen atoms in total. The van der Waals surface area contributed by atoms with Crippen LogP contribution in [0.15, 0.2) is 16.6 Å². The number of nitrogens with zero attached hydrogens (tertiary/aromatic N) is 1. The molecule has 1 rings (SSSR count). The average molecular weight is 190 g/mol. The molecular weight excluding hydrogens is 186 g/mol. The molecule has 42 valence electrons. The first kappa shape index (κ1) is 5.98. The molecule has 0 radical (unpaired) electrons. The molecule has 0 fully saturated rings. The van der Waals surface area contributed by atoms with Gasteiger partial charge in [-0.3, -0.25) is 0 Å². The summed E-state index contributed by atoms with van der Waals surface area (Å²) < 4.78 is 0. The Kier molecular flexibility index (Phi) is 2.24. The van der Waals surface area contributed by atoms with Crippen molar-refractivity contribution in [3.63, 3.8) is 0 Å². The second-order valence-corrected chi connectivity index (χ2v) is 2.62. The van der Waals surface area contributed by atoms with E-state index in [9.17, 15) is 0 Å². The van der Waals surface area contributed by atoms with Crippen molar-refractivity contribution in [2.75, 3.05) is 0 Å². The summed E-state index contributed by atoms with van der Waals surface area (Å²) >= 11 is 4.78. The molecule has 0 aliphatic heterocycles. The Hall–Kier alpha value is -0.150. The van der Waals surface area contributed by atoms with E-state index in [1.54, 1.807) is 22.5 Å². The molecular formula is C5H4BrNS. The summed E-state index contributed by atoms with van der Waals surface area (Å²) in [5.41, 5.74) is 0. The third-order valence-electron chi connectivity index (χ3n) is 0.657. The van der Waals surface area contributed by atoms with Crippen LogP contribution < -0.4 is 0 Å². The zero-order valence-electron chi connectivity index (χ0n) is 4.04. The standard InChI is InChI=1S/C5H4BrNS/c6-2-1-5-7-3-4-8-5/h1-4H/b2-1-. The van der Waals surface area contributed by atoms with Crippen molar-refractivity contribution in [1.29, 1.82) is 0 Å². The number of aromatic nitrogens is 1. The lowest BCUT2D eigenvalue weighted by molar-refractivity contribution is 1.40. The molecule has 0 saturated heterocycles. The highest BCUT2D eigenvalue weighted by atomic mass is 79.9. The van der Waals surface area contributed by atoms with E-state index in [0.717, 1.165) is 5.01 Å². The SMILES string of the molecule is Br/C=C\c1nccs1. The van der Waals surface area contributed by atoms with Gasteiger partial charge in [0.05, 0.1) is 0 Å². The third-order valence-corrected chi connectivity index (χ3v) is 1.66. The minimum atomic E-state index is 1.03. The molecule has 3 heteroatoms. The van der Waals surface area contributed by atoms with Crippen LogP contribution in [-0.4, -0.2) is 4.98 Å². The lowest BCUT2D eigenvalue weighted by Crippen LogP contribution is -1.59. The van der Waals surface area contributed by atoms with Crippen LogP contribution in [0, 0.1) is 0 Å². The Morgan fingerprint density at radius 1 is 1.75 bits per heavy atom. The van der Waals surface area contributed by atoms with E-state index in [1.807, 2.05) is 11.5 Å². The van der Waals surface area contributed by atoms with E-state index in [-0.39, 0.29) is 0 Å². The number of rotatable bonds is 1. The normalized spacial score (nSPS) is 10.6. The zero-order chi connectivity index (χ0) is 5.82. The topological polar surface area (TPSA) is 12.9 Å². The summed E-state index contributed by atoms with van der Waals surface area (Å²) in [6, 6.07) is 0. The van der Waals surface area contributed by atoms with Gasteiger partial charge in [-0.2, -0.15) is 0 Å². The van der Waals surface area contributed by atoms with Gasteiger partial charge < -0.3 is 0 Å². The fraction of sp³-hybridized carbons (Fsp3) is 0. The van der Waals surface area contributed by atoms with Crippen molar-refractivity contribution in [1.82, 2.24) is 4.98 Å². The average Bonchev–Trinajstić information content (AvgIpc) is 2.19. The highest BCUT2D eigenvalue weighted by molar-refractivity contribution is 9.11. The van der Waals surface area contributed by atoms with Crippen molar-refractivity contribution in [2.45, 2.75) is 0 Å². The van der Waals surface area contributed by atoms with E-state index in [2.05, 4.69) is 20.9 Å². The third kappa shape index (κ3) is 1.42. The summed E-state index contributed by atoms with van der Waals surface area (Å²) in [5, 5.41) is 2.98. The highest BCUT2D eigenvalue weighted by Gasteiger charge is 1.82. The maximum Gasteiger partial charge on any atom is 0.116 e. The Balaban J connectivity index is 2.77. The minimum Gasteiger partial charge on any atom is -0.245 e. The van der Waals surface area contributed by atoms with Gasteiger partial charge in [-0.25, -0.2) is 4.98 Å². The predicted molar refractivity (Wildman–Crippen MR) is 40.1 cm³/mol. The highest BCUT2D eigenvalue weighted by Crippen LogP contribution is 2.06. The molecule has 0 amide bonds. The van der Waals surface area contributed by atoms with Gasteiger partial charge in [-0.15, -0.1) is 11.3 Å². The number of hydrogen-bond donors (Lipinski definition) is 0. The Morgan fingerprint density at radius 2 is 2.62 bits per heavy atom. The maximum atomic E-state index is 4.01. The van der Waals surface area contributed by atoms with E-state index in [0.29, 0.717) is 0 Å². The van der Waals surface area contributed by atoms with Gasteiger partial charge in [0.1, 0.15) is 5.01 Å². The quantitative estimate of drug-likeness (QED) is 0.662. The van der Waals surface area contributed by atoms with Crippen LogP contribution in [0.3, 0.4) is 0 Å².